The predicted molar refractivity (Wildman–Crippen MR) is 52.1 cm³/mol. The Labute approximate surface area is 76.2 Å². The molecule has 0 aromatic rings. The van der Waals surface area contributed by atoms with Crippen LogP contribution in [0.25, 0.3) is 0 Å². The average molecular weight is 170 g/mol. The predicted octanol–water partition coefficient (Wildman–Crippen LogP) is 3.12. The third-order valence-electron chi connectivity index (χ3n) is 2.93. The molecule has 1 N–H and O–H groups in total. The number of aliphatic hydroxyl groups is 1. The summed E-state index contributed by atoms with van der Waals surface area (Å²) in [5, 5.41) is 10.0. The van der Waals surface area contributed by atoms with Crippen LogP contribution < -0.4 is 0 Å². The van der Waals surface area contributed by atoms with Crippen LogP contribution >= 0.6 is 0 Å². The van der Waals surface area contributed by atoms with Crippen molar-refractivity contribution in [3.63, 3.8) is 0 Å². The van der Waals surface area contributed by atoms with Gasteiger partial charge in [0, 0.05) is 0 Å². The fourth-order valence-electron chi connectivity index (χ4n) is 2.49. The number of rotatable bonds is 0. The molecule has 12 heavy (non-hydrogen) atoms. The zero-order valence-electron chi connectivity index (χ0n) is 8.69. The van der Waals surface area contributed by atoms with Crippen molar-refractivity contribution >= 4 is 0 Å². The largest absolute Gasteiger partial charge is 0.390 e. The van der Waals surface area contributed by atoms with Gasteiger partial charge in [0.15, 0.2) is 0 Å². The second-order valence-corrected chi connectivity index (χ2v) is 5.40. The minimum Gasteiger partial charge on any atom is -0.390 e. The summed E-state index contributed by atoms with van der Waals surface area (Å²) in [5.74, 6) is 0. The molecule has 0 heterocycles. The van der Waals surface area contributed by atoms with Crippen LogP contribution in [-0.4, -0.2) is 10.7 Å². The standard InChI is InChI=1S/C11H22O/c1-10(2)7-5-4-6-8-11(3,12)9-10/h12H,4-9H2,1-3H3. The molecule has 72 valence electrons. The Morgan fingerprint density at radius 2 is 1.50 bits per heavy atom. The third-order valence-corrected chi connectivity index (χ3v) is 2.93. The minimum absolute atomic E-state index is 0.337. The van der Waals surface area contributed by atoms with Crippen LogP contribution in [0.1, 0.15) is 59.3 Å². The van der Waals surface area contributed by atoms with E-state index in [9.17, 15) is 5.11 Å². The maximum absolute atomic E-state index is 10.0. The summed E-state index contributed by atoms with van der Waals surface area (Å²) in [7, 11) is 0. The molecule has 1 nitrogen and oxygen atoms in total. The van der Waals surface area contributed by atoms with Crippen LogP contribution in [0.2, 0.25) is 0 Å². The Hall–Kier alpha value is -0.0400. The SMILES string of the molecule is CC1(C)CCCCCC(C)(O)C1. The highest BCUT2D eigenvalue weighted by Gasteiger charge is 2.31. The van der Waals surface area contributed by atoms with Crippen LogP contribution in [0.5, 0.6) is 0 Å². The fraction of sp³-hybridized carbons (Fsp3) is 1.00. The molecule has 0 bridgehead atoms. The molecule has 0 amide bonds. The summed E-state index contributed by atoms with van der Waals surface area (Å²) in [6.45, 7) is 6.53. The van der Waals surface area contributed by atoms with Gasteiger partial charge in [-0.3, -0.25) is 0 Å². The first kappa shape index (κ1) is 10.0. The van der Waals surface area contributed by atoms with Gasteiger partial charge in [0.25, 0.3) is 0 Å². The van der Waals surface area contributed by atoms with E-state index in [2.05, 4.69) is 13.8 Å². The quantitative estimate of drug-likeness (QED) is 0.592. The Balaban J connectivity index is 2.58. The number of hydrogen-bond acceptors (Lipinski definition) is 1. The normalized spacial score (nSPS) is 37.0. The lowest BCUT2D eigenvalue weighted by Gasteiger charge is -2.36. The summed E-state index contributed by atoms with van der Waals surface area (Å²) < 4.78 is 0. The van der Waals surface area contributed by atoms with Crippen molar-refractivity contribution in [2.45, 2.75) is 64.9 Å². The van der Waals surface area contributed by atoms with E-state index in [1.807, 2.05) is 6.92 Å². The molecule has 1 aliphatic rings. The summed E-state index contributed by atoms with van der Waals surface area (Å²) >= 11 is 0. The van der Waals surface area contributed by atoms with Crippen LogP contribution in [0.4, 0.5) is 0 Å². The average Bonchev–Trinajstić information content (AvgIpc) is 1.80. The highest BCUT2D eigenvalue weighted by molar-refractivity contribution is 4.83. The van der Waals surface area contributed by atoms with Crippen molar-refractivity contribution in [3.05, 3.63) is 0 Å². The molecule has 1 unspecified atom stereocenters. The van der Waals surface area contributed by atoms with Gasteiger partial charge in [-0.2, -0.15) is 0 Å². The lowest BCUT2D eigenvalue weighted by atomic mass is 9.74. The van der Waals surface area contributed by atoms with E-state index in [4.69, 9.17) is 0 Å². The van der Waals surface area contributed by atoms with Crippen molar-refractivity contribution < 1.29 is 5.11 Å². The highest BCUT2D eigenvalue weighted by Crippen LogP contribution is 2.37. The second-order valence-electron chi connectivity index (χ2n) is 5.40. The van der Waals surface area contributed by atoms with Gasteiger partial charge in [0.05, 0.1) is 5.60 Å². The molecule has 1 aliphatic carbocycles. The van der Waals surface area contributed by atoms with Gasteiger partial charge in [-0.15, -0.1) is 0 Å². The van der Waals surface area contributed by atoms with Crippen LogP contribution in [0, 0.1) is 5.41 Å². The molecular weight excluding hydrogens is 148 g/mol. The van der Waals surface area contributed by atoms with Crippen LogP contribution in [-0.2, 0) is 0 Å². The van der Waals surface area contributed by atoms with Crippen molar-refractivity contribution in [1.29, 1.82) is 0 Å². The Morgan fingerprint density at radius 1 is 0.917 bits per heavy atom. The van der Waals surface area contributed by atoms with Crippen molar-refractivity contribution in [2.24, 2.45) is 5.41 Å². The van der Waals surface area contributed by atoms with Gasteiger partial charge in [0.1, 0.15) is 0 Å². The summed E-state index contributed by atoms with van der Waals surface area (Å²) in [5.41, 5.74) is -0.0756. The molecule has 1 heteroatoms. The Bertz CT molecular complexity index is 131. The molecule has 0 saturated heterocycles. The summed E-state index contributed by atoms with van der Waals surface area (Å²) in [6.07, 6.45) is 7.03. The lowest BCUT2D eigenvalue weighted by Crippen LogP contribution is -2.32. The maximum Gasteiger partial charge on any atom is 0.0624 e. The molecular formula is C11H22O. The van der Waals surface area contributed by atoms with E-state index in [1.54, 1.807) is 0 Å². The van der Waals surface area contributed by atoms with Crippen molar-refractivity contribution in [2.75, 3.05) is 0 Å². The lowest BCUT2D eigenvalue weighted by molar-refractivity contribution is -0.00432. The molecule has 0 radical (unpaired) electrons. The Morgan fingerprint density at radius 3 is 2.17 bits per heavy atom. The van der Waals surface area contributed by atoms with Gasteiger partial charge < -0.3 is 5.11 Å². The molecule has 1 rings (SSSR count). The van der Waals surface area contributed by atoms with Crippen LogP contribution in [0.3, 0.4) is 0 Å². The number of hydrogen-bond donors (Lipinski definition) is 1. The third kappa shape index (κ3) is 3.14. The van der Waals surface area contributed by atoms with Crippen molar-refractivity contribution in [1.82, 2.24) is 0 Å². The molecule has 0 spiro atoms. The highest BCUT2D eigenvalue weighted by atomic mass is 16.3. The van der Waals surface area contributed by atoms with Crippen molar-refractivity contribution in [3.8, 4) is 0 Å². The van der Waals surface area contributed by atoms with E-state index >= 15 is 0 Å². The first-order chi connectivity index (χ1) is 5.41. The second kappa shape index (κ2) is 3.37. The van der Waals surface area contributed by atoms with Gasteiger partial charge in [0.2, 0.25) is 0 Å². The molecule has 0 aliphatic heterocycles. The molecule has 1 fully saturated rings. The zero-order valence-corrected chi connectivity index (χ0v) is 8.69. The zero-order chi connectivity index (χ0) is 9.24. The minimum atomic E-state index is -0.413. The molecule has 0 aromatic carbocycles. The van der Waals surface area contributed by atoms with E-state index in [-0.39, 0.29) is 0 Å². The maximum atomic E-state index is 10.0. The monoisotopic (exact) mass is 170 g/mol. The van der Waals surface area contributed by atoms with E-state index in [0.717, 1.165) is 12.8 Å². The first-order valence-electron chi connectivity index (χ1n) is 5.14. The van der Waals surface area contributed by atoms with E-state index < -0.39 is 5.60 Å². The van der Waals surface area contributed by atoms with E-state index in [0.29, 0.717) is 5.41 Å². The van der Waals surface area contributed by atoms with Gasteiger partial charge >= 0.3 is 0 Å². The molecule has 1 saturated carbocycles. The van der Waals surface area contributed by atoms with Gasteiger partial charge in [-0.25, -0.2) is 0 Å². The fourth-order valence-corrected chi connectivity index (χ4v) is 2.49. The smallest absolute Gasteiger partial charge is 0.0624 e. The topological polar surface area (TPSA) is 20.2 Å². The Kier molecular flexibility index (Phi) is 2.82. The van der Waals surface area contributed by atoms with Gasteiger partial charge in [-0.05, 0) is 31.6 Å². The van der Waals surface area contributed by atoms with E-state index in [1.165, 1.54) is 25.7 Å². The summed E-state index contributed by atoms with van der Waals surface area (Å²) in [6, 6.07) is 0. The van der Waals surface area contributed by atoms with Gasteiger partial charge in [-0.1, -0.05) is 33.1 Å². The molecule has 1 atom stereocenters. The molecule has 0 aromatic heterocycles. The summed E-state index contributed by atoms with van der Waals surface area (Å²) in [4.78, 5) is 0. The first-order valence-corrected chi connectivity index (χ1v) is 5.14. The van der Waals surface area contributed by atoms with Crippen LogP contribution in [0.15, 0.2) is 0 Å².